The summed E-state index contributed by atoms with van der Waals surface area (Å²) in [5, 5.41) is 19.4. The van der Waals surface area contributed by atoms with Crippen LogP contribution in [0.3, 0.4) is 0 Å². The predicted molar refractivity (Wildman–Crippen MR) is 49.4 cm³/mol. The molecule has 82 valence electrons. The Labute approximate surface area is 112 Å². The van der Waals surface area contributed by atoms with E-state index in [9.17, 15) is 14.7 Å². The van der Waals surface area contributed by atoms with Crippen molar-refractivity contribution in [3.8, 4) is 0 Å². The Bertz CT molecular complexity index is 232. The van der Waals surface area contributed by atoms with Crippen molar-refractivity contribution in [2.24, 2.45) is 17.3 Å². The van der Waals surface area contributed by atoms with Gasteiger partial charge in [-0.05, 0) is 11.8 Å². The topological polar surface area (TPSA) is 77.4 Å². The van der Waals surface area contributed by atoms with Crippen LogP contribution in [0.25, 0.3) is 0 Å². The summed E-state index contributed by atoms with van der Waals surface area (Å²) in [6, 6.07) is 0. The van der Waals surface area contributed by atoms with Gasteiger partial charge in [0.15, 0.2) is 0 Å². The van der Waals surface area contributed by atoms with Crippen molar-refractivity contribution in [2.75, 3.05) is 0 Å². The molecule has 0 aliphatic carbocycles. The van der Waals surface area contributed by atoms with Gasteiger partial charge in [-0.2, -0.15) is 0 Å². The first-order chi connectivity index (χ1) is 6.15. The molecule has 0 rings (SSSR count). The fourth-order valence-corrected chi connectivity index (χ4v) is 1.30. The molecule has 0 amide bonds. The zero-order valence-corrected chi connectivity index (χ0v) is 12.0. The fourth-order valence-electron chi connectivity index (χ4n) is 1.30. The maximum Gasteiger partial charge on any atom is 1.00 e. The largest absolute Gasteiger partial charge is 1.00 e. The molecule has 0 saturated carbocycles. The summed E-state index contributed by atoms with van der Waals surface area (Å²) in [6.07, 6.45) is 0.331. The Hall–Kier alpha value is -0.0600. The van der Waals surface area contributed by atoms with Gasteiger partial charge < -0.3 is 15.0 Å². The SMILES string of the molecule is CC(C(=O)[O-])C(CC(C)(C)C)C(=O)O.[Na+]. The van der Waals surface area contributed by atoms with Crippen LogP contribution in [-0.4, -0.2) is 17.0 Å². The number of hydrogen-bond donors (Lipinski definition) is 1. The standard InChI is InChI=1S/C10H18O4.Na/c1-6(8(11)12)7(9(13)14)5-10(2,3)4;/h6-7H,5H2,1-4H3,(H,11,12)(H,13,14);/q;+1/p-1. The third-order valence-electron chi connectivity index (χ3n) is 2.12. The molecule has 0 fully saturated rings. The third-order valence-corrected chi connectivity index (χ3v) is 2.12. The number of carbonyl (C=O) groups is 2. The second-order valence-corrected chi connectivity index (χ2v) is 4.82. The van der Waals surface area contributed by atoms with Gasteiger partial charge in [0.1, 0.15) is 0 Å². The second-order valence-electron chi connectivity index (χ2n) is 4.82. The Balaban J connectivity index is 0. The Morgan fingerprint density at radius 2 is 1.73 bits per heavy atom. The van der Waals surface area contributed by atoms with Gasteiger partial charge in [0, 0.05) is 11.9 Å². The molecule has 15 heavy (non-hydrogen) atoms. The summed E-state index contributed by atoms with van der Waals surface area (Å²) in [5.74, 6) is -4.20. The van der Waals surface area contributed by atoms with Crippen LogP contribution >= 0.6 is 0 Å². The molecule has 1 N–H and O–H groups in total. The first-order valence-electron chi connectivity index (χ1n) is 4.59. The minimum Gasteiger partial charge on any atom is -0.550 e. The van der Waals surface area contributed by atoms with Crippen molar-refractivity contribution in [3.05, 3.63) is 0 Å². The van der Waals surface area contributed by atoms with Crippen molar-refractivity contribution < 1.29 is 49.4 Å². The van der Waals surface area contributed by atoms with E-state index in [4.69, 9.17) is 5.11 Å². The Kier molecular flexibility index (Phi) is 7.52. The maximum absolute atomic E-state index is 10.8. The van der Waals surface area contributed by atoms with Crippen LogP contribution in [-0.2, 0) is 9.59 Å². The van der Waals surface area contributed by atoms with E-state index in [2.05, 4.69) is 0 Å². The molecule has 5 heteroatoms. The van der Waals surface area contributed by atoms with Gasteiger partial charge >= 0.3 is 35.5 Å². The third kappa shape index (κ3) is 6.93. The van der Waals surface area contributed by atoms with Crippen LogP contribution in [0.4, 0.5) is 0 Å². The fraction of sp³-hybridized carbons (Fsp3) is 0.800. The monoisotopic (exact) mass is 224 g/mol. The van der Waals surface area contributed by atoms with Gasteiger partial charge in [-0.15, -0.1) is 0 Å². The molecule has 0 bridgehead atoms. The van der Waals surface area contributed by atoms with E-state index < -0.39 is 23.8 Å². The number of hydrogen-bond acceptors (Lipinski definition) is 3. The number of rotatable bonds is 4. The normalized spacial score (nSPS) is 14.9. The van der Waals surface area contributed by atoms with E-state index in [1.54, 1.807) is 0 Å². The first-order valence-corrected chi connectivity index (χ1v) is 4.59. The van der Waals surface area contributed by atoms with Gasteiger partial charge in [0.25, 0.3) is 0 Å². The van der Waals surface area contributed by atoms with Crippen LogP contribution < -0.4 is 34.7 Å². The smallest absolute Gasteiger partial charge is 0.550 e. The molecular weight excluding hydrogens is 207 g/mol. The van der Waals surface area contributed by atoms with E-state index in [1.165, 1.54) is 6.92 Å². The van der Waals surface area contributed by atoms with Crippen molar-refractivity contribution >= 4 is 11.9 Å². The number of carboxylic acids is 2. The van der Waals surface area contributed by atoms with Crippen molar-refractivity contribution in [1.82, 2.24) is 0 Å². The van der Waals surface area contributed by atoms with Gasteiger partial charge in [-0.25, -0.2) is 0 Å². The summed E-state index contributed by atoms with van der Waals surface area (Å²) >= 11 is 0. The van der Waals surface area contributed by atoms with Crippen LogP contribution in [0.2, 0.25) is 0 Å². The minimum absolute atomic E-state index is 0. The van der Waals surface area contributed by atoms with Gasteiger partial charge in [0.2, 0.25) is 0 Å². The Morgan fingerprint density at radius 1 is 1.33 bits per heavy atom. The average Bonchev–Trinajstić information content (AvgIpc) is 1.96. The molecule has 2 atom stereocenters. The van der Waals surface area contributed by atoms with Crippen LogP contribution in [0, 0.1) is 17.3 Å². The summed E-state index contributed by atoms with van der Waals surface area (Å²) in [5.41, 5.74) is -0.202. The quantitative estimate of drug-likeness (QED) is 0.536. The predicted octanol–water partition coefficient (Wildman–Crippen LogP) is -2.49. The summed E-state index contributed by atoms with van der Waals surface area (Å²) < 4.78 is 0. The summed E-state index contributed by atoms with van der Waals surface area (Å²) in [7, 11) is 0. The van der Waals surface area contributed by atoms with Crippen LogP contribution in [0.1, 0.15) is 34.1 Å². The van der Waals surface area contributed by atoms with E-state index in [0.717, 1.165) is 0 Å². The van der Waals surface area contributed by atoms with Crippen LogP contribution in [0.5, 0.6) is 0 Å². The second kappa shape index (κ2) is 6.51. The maximum atomic E-state index is 10.8. The molecule has 0 spiro atoms. The number of carboxylic acid groups (broad SMARTS) is 2. The molecule has 0 heterocycles. The van der Waals surface area contributed by atoms with Gasteiger partial charge in [0.05, 0.1) is 5.92 Å². The molecular formula is C10H17NaO4. The molecule has 0 saturated heterocycles. The zero-order chi connectivity index (χ0) is 11.5. The van der Waals surface area contributed by atoms with E-state index >= 15 is 0 Å². The molecule has 4 nitrogen and oxygen atoms in total. The zero-order valence-electron chi connectivity index (χ0n) is 10.0. The molecule has 0 aliphatic rings. The Morgan fingerprint density at radius 3 is 1.93 bits per heavy atom. The number of aliphatic carboxylic acids is 2. The average molecular weight is 224 g/mol. The molecule has 0 aromatic carbocycles. The van der Waals surface area contributed by atoms with E-state index in [-0.39, 0.29) is 35.0 Å². The first kappa shape index (κ1) is 17.3. The van der Waals surface area contributed by atoms with E-state index in [1.807, 2.05) is 20.8 Å². The minimum atomic E-state index is -1.30. The molecule has 2 unspecified atom stereocenters. The van der Waals surface area contributed by atoms with Crippen molar-refractivity contribution in [2.45, 2.75) is 34.1 Å². The summed E-state index contributed by atoms with van der Waals surface area (Å²) in [6.45, 7) is 7.01. The molecule has 0 aliphatic heterocycles. The van der Waals surface area contributed by atoms with Crippen molar-refractivity contribution in [3.63, 3.8) is 0 Å². The van der Waals surface area contributed by atoms with E-state index in [0.29, 0.717) is 6.42 Å². The summed E-state index contributed by atoms with van der Waals surface area (Å²) in [4.78, 5) is 21.4. The van der Waals surface area contributed by atoms with Gasteiger partial charge in [-0.3, -0.25) is 4.79 Å². The van der Waals surface area contributed by atoms with Crippen molar-refractivity contribution in [1.29, 1.82) is 0 Å². The van der Waals surface area contributed by atoms with Gasteiger partial charge in [-0.1, -0.05) is 27.7 Å². The molecule has 0 aromatic heterocycles. The molecule has 0 aromatic rings. The molecule has 0 radical (unpaired) electrons. The number of carbonyl (C=O) groups excluding carboxylic acids is 1. The van der Waals surface area contributed by atoms with Crippen LogP contribution in [0.15, 0.2) is 0 Å².